The summed E-state index contributed by atoms with van der Waals surface area (Å²) >= 11 is 0. The zero-order chi connectivity index (χ0) is 11.5. The Hall–Kier alpha value is -0.120. The van der Waals surface area contributed by atoms with Gasteiger partial charge in [-0.15, -0.1) is 0 Å². The van der Waals surface area contributed by atoms with Gasteiger partial charge in [0.25, 0.3) is 0 Å². The molecule has 1 saturated heterocycles. The molecular formula is C12H26N2O. The molecule has 1 aliphatic rings. The molecule has 0 saturated carbocycles. The molecule has 90 valence electrons. The molecule has 0 amide bonds. The minimum absolute atomic E-state index is 0.0110. The van der Waals surface area contributed by atoms with E-state index in [0.29, 0.717) is 12.1 Å². The average Bonchev–Trinajstić information content (AvgIpc) is 2.09. The van der Waals surface area contributed by atoms with E-state index in [9.17, 15) is 0 Å². The summed E-state index contributed by atoms with van der Waals surface area (Å²) in [6.07, 6.45) is 0. The first-order chi connectivity index (χ1) is 6.88. The van der Waals surface area contributed by atoms with E-state index in [-0.39, 0.29) is 5.60 Å². The van der Waals surface area contributed by atoms with E-state index in [0.717, 1.165) is 26.2 Å². The van der Waals surface area contributed by atoms with Crippen molar-refractivity contribution in [3.63, 3.8) is 0 Å². The van der Waals surface area contributed by atoms with Crippen molar-refractivity contribution >= 4 is 0 Å². The van der Waals surface area contributed by atoms with Gasteiger partial charge in [-0.05, 0) is 34.6 Å². The van der Waals surface area contributed by atoms with Gasteiger partial charge in [0.1, 0.15) is 0 Å². The smallest absolute Gasteiger partial charge is 0.0600 e. The van der Waals surface area contributed by atoms with Crippen molar-refractivity contribution in [2.75, 3.05) is 26.2 Å². The summed E-state index contributed by atoms with van der Waals surface area (Å²) in [6, 6.07) is 1.24. The highest BCUT2D eigenvalue weighted by Gasteiger charge is 2.22. The fourth-order valence-corrected chi connectivity index (χ4v) is 1.88. The molecule has 0 bridgehead atoms. The SMILES string of the molecule is CC1CN(CCOC(C)(C)C)C(C)CN1. The highest BCUT2D eigenvalue weighted by atomic mass is 16.5. The zero-order valence-electron chi connectivity index (χ0n) is 10.8. The number of ether oxygens (including phenoxy) is 1. The quantitative estimate of drug-likeness (QED) is 0.770. The molecule has 3 heteroatoms. The number of rotatable bonds is 3. The molecule has 1 N–H and O–H groups in total. The van der Waals surface area contributed by atoms with Crippen LogP contribution in [-0.4, -0.2) is 48.8 Å². The molecule has 0 aromatic rings. The van der Waals surface area contributed by atoms with Gasteiger partial charge in [-0.3, -0.25) is 4.90 Å². The van der Waals surface area contributed by atoms with E-state index in [1.54, 1.807) is 0 Å². The average molecular weight is 214 g/mol. The van der Waals surface area contributed by atoms with E-state index in [4.69, 9.17) is 4.74 Å². The van der Waals surface area contributed by atoms with Gasteiger partial charge >= 0.3 is 0 Å². The molecule has 0 aliphatic carbocycles. The Labute approximate surface area is 94.2 Å². The van der Waals surface area contributed by atoms with Gasteiger partial charge in [-0.1, -0.05) is 0 Å². The van der Waals surface area contributed by atoms with Crippen LogP contribution in [0.15, 0.2) is 0 Å². The van der Waals surface area contributed by atoms with Crippen molar-refractivity contribution in [1.29, 1.82) is 0 Å². The van der Waals surface area contributed by atoms with Gasteiger partial charge in [-0.2, -0.15) is 0 Å². The molecule has 0 aromatic carbocycles. The molecule has 2 unspecified atom stereocenters. The predicted molar refractivity (Wildman–Crippen MR) is 64.2 cm³/mol. The Balaban J connectivity index is 2.24. The van der Waals surface area contributed by atoms with Gasteiger partial charge < -0.3 is 10.1 Å². The van der Waals surface area contributed by atoms with Crippen LogP contribution in [0.2, 0.25) is 0 Å². The topological polar surface area (TPSA) is 24.5 Å². The Morgan fingerprint density at radius 3 is 2.60 bits per heavy atom. The van der Waals surface area contributed by atoms with E-state index in [2.05, 4.69) is 44.8 Å². The van der Waals surface area contributed by atoms with Crippen molar-refractivity contribution < 1.29 is 4.74 Å². The minimum Gasteiger partial charge on any atom is -0.375 e. The predicted octanol–water partition coefficient (Wildman–Crippen LogP) is 1.48. The monoisotopic (exact) mass is 214 g/mol. The van der Waals surface area contributed by atoms with Crippen LogP contribution < -0.4 is 5.32 Å². The van der Waals surface area contributed by atoms with Gasteiger partial charge in [0.2, 0.25) is 0 Å². The highest BCUT2D eigenvalue weighted by molar-refractivity contribution is 4.81. The second-order valence-electron chi connectivity index (χ2n) is 5.61. The van der Waals surface area contributed by atoms with Crippen LogP contribution >= 0.6 is 0 Å². The fourth-order valence-electron chi connectivity index (χ4n) is 1.88. The van der Waals surface area contributed by atoms with Crippen molar-refractivity contribution in [2.24, 2.45) is 0 Å². The van der Waals surface area contributed by atoms with Crippen molar-refractivity contribution in [3.05, 3.63) is 0 Å². The third-order valence-corrected chi connectivity index (χ3v) is 2.81. The zero-order valence-corrected chi connectivity index (χ0v) is 10.8. The van der Waals surface area contributed by atoms with Gasteiger partial charge in [0.15, 0.2) is 0 Å². The molecule has 3 nitrogen and oxygen atoms in total. The van der Waals surface area contributed by atoms with Crippen LogP contribution in [0, 0.1) is 0 Å². The fraction of sp³-hybridized carbons (Fsp3) is 1.00. The highest BCUT2D eigenvalue weighted by Crippen LogP contribution is 2.09. The van der Waals surface area contributed by atoms with Crippen molar-refractivity contribution in [1.82, 2.24) is 10.2 Å². The summed E-state index contributed by atoms with van der Waals surface area (Å²) in [4.78, 5) is 2.51. The maximum Gasteiger partial charge on any atom is 0.0600 e. The summed E-state index contributed by atoms with van der Waals surface area (Å²) in [5.74, 6) is 0. The molecule has 15 heavy (non-hydrogen) atoms. The number of nitrogens with zero attached hydrogens (tertiary/aromatic N) is 1. The summed E-state index contributed by atoms with van der Waals surface area (Å²) in [6.45, 7) is 14.9. The van der Waals surface area contributed by atoms with E-state index in [1.807, 2.05) is 0 Å². The first kappa shape index (κ1) is 12.9. The molecule has 0 radical (unpaired) electrons. The summed E-state index contributed by atoms with van der Waals surface area (Å²) in [5, 5.41) is 3.49. The molecule has 2 atom stereocenters. The third kappa shape index (κ3) is 4.96. The van der Waals surface area contributed by atoms with E-state index in [1.165, 1.54) is 0 Å². The van der Waals surface area contributed by atoms with Crippen LogP contribution in [0.25, 0.3) is 0 Å². The third-order valence-electron chi connectivity index (χ3n) is 2.81. The number of piperazine rings is 1. The summed E-state index contributed by atoms with van der Waals surface area (Å²) < 4.78 is 5.75. The maximum absolute atomic E-state index is 5.75. The van der Waals surface area contributed by atoms with E-state index < -0.39 is 0 Å². The minimum atomic E-state index is -0.0110. The molecule has 1 fully saturated rings. The van der Waals surface area contributed by atoms with Crippen molar-refractivity contribution in [3.8, 4) is 0 Å². The molecule has 1 aliphatic heterocycles. The molecule has 1 rings (SSSR count). The number of nitrogens with one attached hydrogen (secondary N) is 1. The standard InChI is InChI=1S/C12H26N2O/c1-10-9-14(11(2)8-13-10)6-7-15-12(3,4)5/h10-11,13H,6-9H2,1-5H3. The van der Waals surface area contributed by atoms with Crippen molar-refractivity contribution in [2.45, 2.75) is 52.3 Å². The lowest BCUT2D eigenvalue weighted by Crippen LogP contribution is -2.55. The Bertz CT molecular complexity index is 189. The van der Waals surface area contributed by atoms with Crippen LogP contribution in [0.3, 0.4) is 0 Å². The molecule has 0 aromatic heterocycles. The second-order valence-corrected chi connectivity index (χ2v) is 5.61. The summed E-state index contributed by atoms with van der Waals surface area (Å²) in [5.41, 5.74) is -0.0110. The van der Waals surface area contributed by atoms with Crippen LogP contribution in [0.4, 0.5) is 0 Å². The first-order valence-corrected chi connectivity index (χ1v) is 6.00. The normalized spacial score (nSPS) is 29.4. The van der Waals surface area contributed by atoms with E-state index >= 15 is 0 Å². The molecule has 0 spiro atoms. The molecular weight excluding hydrogens is 188 g/mol. The lowest BCUT2D eigenvalue weighted by molar-refractivity contribution is -0.0205. The molecule has 1 heterocycles. The Morgan fingerprint density at radius 1 is 1.33 bits per heavy atom. The lowest BCUT2D eigenvalue weighted by atomic mass is 10.1. The first-order valence-electron chi connectivity index (χ1n) is 6.00. The second kappa shape index (κ2) is 5.28. The van der Waals surface area contributed by atoms with Gasteiger partial charge in [0, 0.05) is 31.7 Å². The Morgan fingerprint density at radius 2 is 2.00 bits per heavy atom. The Kier molecular flexibility index (Phi) is 4.56. The number of hydrogen-bond acceptors (Lipinski definition) is 3. The van der Waals surface area contributed by atoms with Crippen LogP contribution in [-0.2, 0) is 4.74 Å². The maximum atomic E-state index is 5.75. The largest absolute Gasteiger partial charge is 0.375 e. The van der Waals surface area contributed by atoms with Gasteiger partial charge in [-0.25, -0.2) is 0 Å². The number of hydrogen-bond donors (Lipinski definition) is 1. The van der Waals surface area contributed by atoms with Gasteiger partial charge in [0.05, 0.1) is 12.2 Å². The van der Waals surface area contributed by atoms with Crippen LogP contribution in [0.1, 0.15) is 34.6 Å². The lowest BCUT2D eigenvalue weighted by Gasteiger charge is -2.37. The van der Waals surface area contributed by atoms with Crippen LogP contribution in [0.5, 0.6) is 0 Å². The summed E-state index contributed by atoms with van der Waals surface area (Å²) in [7, 11) is 0.